The van der Waals surface area contributed by atoms with Gasteiger partial charge in [-0.2, -0.15) is 0 Å². The lowest BCUT2D eigenvalue weighted by Gasteiger charge is -2.18. The molecule has 2 unspecified atom stereocenters. The van der Waals surface area contributed by atoms with Gasteiger partial charge in [0.15, 0.2) is 0 Å². The predicted molar refractivity (Wildman–Crippen MR) is 80.9 cm³/mol. The third kappa shape index (κ3) is 3.82. The molecule has 0 spiro atoms. The maximum absolute atomic E-state index is 6.02. The molecule has 2 atom stereocenters. The highest BCUT2D eigenvalue weighted by Crippen LogP contribution is 2.32. The Kier molecular flexibility index (Phi) is 5.03. The number of alkyl halides is 1. The van der Waals surface area contributed by atoms with Gasteiger partial charge in [-0.25, -0.2) is 9.97 Å². The van der Waals surface area contributed by atoms with Gasteiger partial charge in [0.25, 0.3) is 0 Å². The zero-order valence-electron chi connectivity index (χ0n) is 12.1. The van der Waals surface area contributed by atoms with Crippen LogP contribution in [0.4, 0.5) is 5.82 Å². The Morgan fingerprint density at radius 3 is 2.74 bits per heavy atom. The molecule has 0 amide bonds. The van der Waals surface area contributed by atoms with Crippen molar-refractivity contribution in [2.24, 2.45) is 11.8 Å². The van der Waals surface area contributed by atoms with Crippen molar-refractivity contribution in [3.8, 4) is 0 Å². The summed E-state index contributed by atoms with van der Waals surface area (Å²) in [5.74, 6) is 4.38. The number of aryl methyl sites for hydroxylation is 1. The number of nitrogens with zero attached hydrogens (tertiary/aromatic N) is 2. The van der Waals surface area contributed by atoms with Gasteiger partial charge < -0.3 is 5.32 Å². The van der Waals surface area contributed by atoms with Crippen LogP contribution in [0.3, 0.4) is 0 Å². The zero-order valence-corrected chi connectivity index (χ0v) is 12.9. The number of anilines is 1. The van der Waals surface area contributed by atoms with Crippen LogP contribution in [0.15, 0.2) is 6.07 Å². The van der Waals surface area contributed by atoms with Gasteiger partial charge in [0.05, 0.1) is 0 Å². The molecule has 1 N–H and O–H groups in total. The second kappa shape index (κ2) is 6.56. The van der Waals surface area contributed by atoms with Gasteiger partial charge in [-0.05, 0) is 31.6 Å². The first-order valence-electron chi connectivity index (χ1n) is 7.25. The summed E-state index contributed by atoms with van der Waals surface area (Å²) in [7, 11) is 0. The van der Waals surface area contributed by atoms with Gasteiger partial charge in [-0.3, -0.25) is 0 Å². The first-order chi connectivity index (χ1) is 9.10. The van der Waals surface area contributed by atoms with Crippen molar-refractivity contribution < 1.29 is 0 Å². The van der Waals surface area contributed by atoms with E-state index >= 15 is 0 Å². The molecule has 1 fully saturated rings. The summed E-state index contributed by atoms with van der Waals surface area (Å²) in [6.07, 6.45) is 3.87. The van der Waals surface area contributed by atoms with Crippen LogP contribution in [0.1, 0.15) is 50.5 Å². The number of nitrogens with one attached hydrogen (secondary N) is 1. The maximum atomic E-state index is 6.02. The molecule has 0 bridgehead atoms. The van der Waals surface area contributed by atoms with Crippen LogP contribution in [0, 0.1) is 18.8 Å². The number of hydrogen-bond acceptors (Lipinski definition) is 3. The van der Waals surface area contributed by atoms with Crippen molar-refractivity contribution in [3.63, 3.8) is 0 Å². The van der Waals surface area contributed by atoms with Gasteiger partial charge in [-0.1, -0.05) is 20.3 Å². The number of hydrogen-bond donors (Lipinski definition) is 1. The monoisotopic (exact) mass is 281 g/mol. The summed E-state index contributed by atoms with van der Waals surface area (Å²) in [5.41, 5.74) is 1.03. The molecule has 0 aliphatic heterocycles. The number of halogens is 1. The average molecular weight is 282 g/mol. The van der Waals surface area contributed by atoms with E-state index in [1.807, 2.05) is 13.0 Å². The minimum Gasteiger partial charge on any atom is -0.370 e. The van der Waals surface area contributed by atoms with E-state index in [2.05, 4.69) is 29.1 Å². The molecule has 3 nitrogen and oxygen atoms in total. The lowest BCUT2D eigenvalue weighted by molar-refractivity contribution is 0.444. The van der Waals surface area contributed by atoms with E-state index in [1.54, 1.807) is 0 Å². The molecule has 1 aromatic rings. The first kappa shape index (κ1) is 14.6. The molecule has 19 heavy (non-hydrogen) atoms. The second-order valence-corrected chi connectivity index (χ2v) is 6.20. The molecular formula is C15H24ClN3. The molecule has 0 saturated heterocycles. The largest absolute Gasteiger partial charge is 0.370 e. The fourth-order valence-electron chi connectivity index (χ4n) is 2.76. The summed E-state index contributed by atoms with van der Waals surface area (Å²) < 4.78 is 0. The Labute approximate surface area is 121 Å². The van der Waals surface area contributed by atoms with Crippen LogP contribution >= 0.6 is 11.6 Å². The van der Waals surface area contributed by atoms with E-state index in [-0.39, 0.29) is 0 Å². The standard InChI is InChI=1S/C15H24ClN3/c1-10(2)15-18-11(3)7-14(19-15)17-9-13-6-4-5-12(13)8-16/h7,10,12-13H,4-6,8-9H2,1-3H3,(H,17,18,19). The van der Waals surface area contributed by atoms with Crippen molar-refractivity contribution >= 4 is 17.4 Å². The van der Waals surface area contributed by atoms with E-state index < -0.39 is 0 Å². The summed E-state index contributed by atoms with van der Waals surface area (Å²) in [6, 6.07) is 2.02. The third-order valence-electron chi connectivity index (χ3n) is 3.95. The molecule has 1 aromatic heterocycles. The average Bonchev–Trinajstić information content (AvgIpc) is 2.83. The molecule has 2 rings (SSSR count). The Bertz CT molecular complexity index is 420. The Morgan fingerprint density at radius 1 is 1.32 bits per heavy atom. The molecule has 1 aliphatic rings. The molecule has 106 valence electrons. The molecule has 0 aromatic carbocycles. The van der Waals surface area contributed by atoms with Crippen molar-refractivity contribution in [3.05, 3.63) is 17.6 Å². The SMILES string of the molecule is Cc1cc(NCC2CCCC2CCl)nc(C(C)C)n1. The molecule has 4 heteroatoms. The summed E-state index contributed by atoms with van der Waals surface area (Å²) in [4.78, 5) is 9.06. The highest BCUT2D eigenvalue weighted by atomic mass is 35.5. The topological polar surface area (TPSA) is 37.8 Å². The van der Waals surface area contributed by atoms with Crippen LogP contribution in [0.2, 0.25) is 0 Å². The van der Waals surface area contributed by atoms with E-state index in [0.29, 0.717) is 17.8 Å². The highest BCUT2D eigenvalue weighted by Gasteiger charge is 2.26. The Balaban J connectivity index is 1.99. The lowest BCUT2D eigenvalue weighted by Crippen LogP contribution is -2.20. The molecule has 0 radical (unpaired) electrons. The Hall–Kier alpha value is -0.830. The van der Waals surface area contributed by atoms with E-state index in [0.717, 1.165) is 29.8 Å². The van der Waals surface area contributed by atoms with Crippen molar-refractivity contribution in [2.45, 2.75) is 46.0 Å². The highest BCUT2D eigenvalue weighted by molar-refractivity contribution is 6.18. The quantitative estimate of drug-likeness (QED) is 0.830. The minimum atomic E-state index is 0.363. The zero-order chi connectivity index (χ0) is 13.8. The number of rotatable bonds is 5. The van der Waals surface area contributed by atoms with Crippen LogP contribution in [-0.4, -0.2) is 22.4 Å². The van der Waals surface area contributed by atoms with Crippen LogP contribution in [-0.2, 0) is 0 Å². The maximum Gasteiger partial charge on any atom is 0.133 e. The predicted octanol–water partition coefficient (Wildman–Crippen LogP) is 3.98. The van der Waals surface area contributed by atoms with E-state index in [4.69, 9.17) is 11.6 Å². The third-order valence-corrected chi connectivity index (χ3v) is 4.34. The van der Waals surface area contributed by atoms with Gasteiger partial charge in [0, 0.05) is 30.1 Å². The van der Waals surface area contributed by atoms with Crippen molar-refractivity contribution in [2.75, 3.05) is 17.7 Å². The fourth-order valence-corrected chi connectivity index (χ4v) is 3.17. The van der Waals surface area contributed by atoms with E-state index in [1.165, 1.54) is 19.3 Å². The minimum absolute atomic E-state index is 0.363. The van der Waals surface area contributed by atoms with E-state index in [9.17, 15) is 0 Å². The summed E-state index contributed by atoms with van der Waals surface area (Å²) in [6.45, 7) is 7.25. The Morgan fingerprint density at radius 2 is 2.05 bits per heavy atom. The van der Waals surface area contributed by atoms with Crippen LogP contribution < -0.4 is 5.32 Å². The summed E-state index contributed by atoms with van der Waals surface area (Å²) in [5, 5.41) is 3.48. The molecular weight excluding hydrogens is 258 g/mol. The smallest absolute Gasteiger partial charge is 0.133 e. The van der Waals surface area contributed by atoms with Gasteiger partial charge >= 0.3 is 0 Å². The summed E-state index contributed by atoms with van der Waals surface area (Å²) >= 11 is 6.02. The van der Waals surface area contributed by atoms with Crippen molar-refractivity contribution in [1.29, 1.82) is 0 Å². The first-order valence-corrected chi connectivity index (χ1v) is 7.79. The number of aromatic nitrogens is 2. The van der Waals surface area contributed by atoms with Gasteiger partial charge in [0.1, 0.15) is 11.6 Å². The van der Waals surface area contributed by atoms with Gasteiger partial charge in [-0.15, -0.1) is 11.6 Å². The molecule has 1 saturated carbocycles. The normalized spacial score (nSPS) is 23.0. The van der Waals surface area contributed by atoms with Crippen LogP contribution in [0.25, 0.3) is 0 Å². The van der Waals surface area contributed by atoms with Crippen molar-refractivity contribution in [1.82, 2.24) is 9.97 Å². The molecule has 1 aliphatic carbocycles. The lowest BCUT2D eigenvalue weighted by atomic mass is 9.98. The second-order valence-electron chi connectivity index (χ2n) is 5.89. The molecule has 1 heterocycles. The van der Waals surface area contributed by atoms with Crippen LogP contribution in [0.5, 0.6) is 0 Å². The fraction of sp³-hybridized carbons (Fsp3) is 0.733. The van der Waals surface area contributed by atoms with Gasteiger partial charge in [0.2, 0.25) is 0 Å².